The Morgan fingerprint density at radius 1 is 0.811 bits per heavy atom. The fraction of sp³-hybridized carbons (Fsp3) is 0.600. The molecule has 0 bridgehead atoms. The molecule has 2 heterocycles. The van der Waals surface area contributed by atoms with E-state index in [4.69, 9.17) is 23.7 Å². The van der Waals surface area contributed by atoms with Gasteiger partial charge in [0.05, 0.1) is 29.6 Å². The monoisotopic (exact) mass is 801 g/mol. The first-order valence-corrected chi connectivity index (χ1v) is 19.5. The predicted molar refractivity (Wildman–Crippen MR) is 207 cm³/mol. The van der Waals surface area contributed by atoms with Crippen molar-refractivity contribution in [3.63, 3.8) is 0 Å². The van der Waals surface area contributed by atoms with Crippen LogP contribution in [0, 0.1) is 0 Å². The Morgan fingerprint density at radius 2 is 1.36 bits per heavy atom. The molecule has 3 amide bonds. The van der Waals surface area contributed by atoms with E-state index >= 15 is 0 Å². The quantitative estimate of drug-likeness (QED) is 0.144. The fourth-order valence-electron chi connectivity index (χ4n) is 7.06. The van der Waals surface area contributed by atoms with Gasteiger partial charge in [-0.05, 0) is 112 Å². The number of methoxy groups -OCH3 is 3. The summed E-state index contributed by atoms with van der Waals surface area (Å²) in [5.41, 5.74) is 2.28. The number of unbranched alkanes of at least 4 members (excludes halogenated alkanes) is 2. The third-order valence-corrected chi connectivity index (χ3v) is 10.5. The average Bonchev–Trinajstić information content (AvgIpc) is 3.14. The largest absolute Gasteiger partial charge is 0.479 e. The van der Waals surface area contributed by atoms with Gasteiger partial charge in [0.25, 0.3) is 17.7 Å². The van der Waals surface area contributed by atoms with E-state index in [1.165, 1.54) is 26.4 Å². The third-order valence-electron chi connectivity index (χ3n) is 9.80. The molecule has 0 saturated heterocycles. The van der Waals surface area contributed by atoms with Crippen molar-refractivity contribution in [1.82, 2.24) is 4.90 Å². The number of amides is 3. The van der Waals surface area contributed by atoms with Crippen LogP contribution >= 0.6 is 15.9 Å². The van der Waals surface area contributed by atoms with Gasteiger partial charge in [0.15, 0.2) is 12.2 Å². The number of rotatable bonds is 14. The van der Waals surface area contributed by atoms with Crippen LogP contribution in [0.5, 0.6) is 11.5 Å². The fourth-order valence-corrected chi connectivity index (χ4v) is 7.55. The maximum atomic E-state index is 13.7. The molecule has 0 aromatic heterocycles. The Kier molecular flexibility index (Phi) is 16.0. The van der Waals surface area contributed by atoms with Gasteiger partial charge in [0, 0.05) is 57.1 Å². The lowest BCUT2D eigenvalue weighted by atomic mass is 9.92. The molecule has 1 aliphatic carbocycles. The molecule has 1 saturated carbocycles. The van der Waals surface area contributed by atoms with Crippen LogP contribution in [0.3, 0.4) is 0 Å². The van der Waals surface area contributed by atoms with Gasteiger partial charge in [0.2, 0.25) is 0 Å². The molecule has 0 radical (unpaired) electrons. The molecule has 13 heteroatoms. The second kappa shape index (κ2) is 20.1. The van der Waals surface area contributed by atoms with E-state index in [2.05, 4.69) is 29.8 Å². The molecule has 2 aliphatic heterocycles. The number of carbonyl (C=O) groups excluding carboxylic acids is 4. The third kappa shape index (κ3) is 10.5. The summed E-state index contributed by atoms with van der Waals surface area (Å²) in [7, 11) is 4.66. The molecular formula is C40H56BrN3O9. The molecule has 0 unspecified atom stereocenters. The van der Waals surface area contributed by atoms with Crippen LogP contribution in [0.25, 0.3) is 0 Å². The van der Waals surface area contributed by atoms with Gasteiger partial charge in [-0.1, -0.05) is 19.3 Å². The number of halogens is 1. The van der Waals surface area contributed by atoms with Gasteiger partial charge in [-0.15, -0.1) is 0 Å². The average molecular weight is 803 g/mol. The number of benzene rings is 2. The van der Waals surface area contributed by atoms with E-state index in [9.17, 15) is 19.2 Å². The predicted octanol–water partition coefficient (Wildman–Crippen LogP) is 7.19. The van der Waals surface area contributed by atoms with Crippen LogP contribution in [-0.2, 0) is 23.8 Å². The summed E-state index contributed by atoms with van der Waals surface area (Å²) in [6.45, 7) is 10.1. The van der Waals surface area contributed by atoms with Gasteiger partial charge in [-0.25, -0.2) is 4.79 Å². The maximum absolute atomic E-state index is 13.7. The van der Waals surface area contributed by atoms with E-state index in [1.54, 1.807) is 56.1 Å². The summed E-state index contributed by atoms with van der Waals surface area (Å²) in [5, 5.41) is 0. The number of carbonyl (C=O) groups is 4. The summed E-state index contributed by atoms with van der Waals surface area (Å²) in [4.78, 5) is 56.0. The van der Waals surface area contributed by atoms with Crippen molar-refractivity contribution >= 4 is 51.0 Å². The molecule has 2 aromatic rings. The Morgan fingerprint density at radius 3 is 1.89 bits per heavy atom. The Labute approximate surface area is 322 Å². The zero-order valence-corrected chi connectivity index (χ0v) is 33.9. The van der Waals surface area contributed by atoms with Crippen LogP contribution < -0.4 is 19.3 Å². The van der Waals surface area contributed by atoms with E-state index in [0.29, 0.717) is 64.8 Å². The second-order valence-electron chi connectivity index (χ2n) is 14.0. The second-order valence-corrected chi connectivity index (χ2v) is 14.8. The first-order valence-electron chi connectivity index (χ1n) is 18.8. The summed E-state index contributed by atoms with van der Waals surface area (Å²) in [6.07, 6.45) is 7.99. The Hall–Kier alpha value is -3.68. The number of hydrogen-bond acceptors (Lipinski definition) is 9. The molecule has 5 rings (SSSR count). The zero-order valence-electron chi connectivity index (χ0n) is 32.3. The van der Waals surface area contributed by atoms with E-state index in [-0.39, 0.29) is 29.8 Å². The van der Waals surface area contributed by atoms with Crippen LogP contribution in [0.4, 0.5) is 11.4 Å². The Balaban J connectivity index is 0.000000251. The minimum atomic E-state index is -0.544. The maximum Gasteiger partial charge on any atom is 0.337 e. The van der Waals surface area contributed by atoms with Crippen molar-refractivity contribution in [2.45, 2.75) is 110 Å². The van der Waals surface area contributed by atoms with Crippen molar-refractivity contribution in [2.24, 2.45) is 0 Å². The molecule has 0 spiro atoms. The molecule has 3 aliphatic rings. The molecule has 0 N–H and O–H groups in total. The van der Waals surface area contributed by atoms with Gasteiger partial charge >= 0.3 is 5.97 Å². The normalized spacial score (nSPS) is 18.4. The first kappa shape index (κ1) is 42.1. The Bertz CT molecular complexity index is 1580. The number of ether oxygens (including phenoxy) is 5. The summed E-state index contributed by atoms with van der Waals surface area (Å²) >= 11 is 3.60. The highest BCUT2D eigenvalue weighted by atomic mass is 79.9. The number of fused-ring (bicyclic) bond motifs is 2. The van der Waals surface area contributed by atoms with Crippen molar-refractivity contribution in [3.05, 3.63) is 45.9 Å². The molecule has 1 fully saturated rings. The van der Waals surface area contributed by atoms with E-state index < -0.39 is 18.2 Å². The highest BCUT2D eigenvalue weighted by Gasteiger charge is 2.35. The van der Waals surface area contributed by atoms with Crippen molar-refractivity contribution in [1.29, 1.82) is 0 Å². The molecular weight excluding hydrogens is 746 g/mol. The van der Waals surface area contributed by atoms with E-state index in [0.717, 1.165) is 38.5 Å². The van der Waals surface area contributed by atoms with E-state index in [1.807, 2.05) is 17.0 Å². The molecule has 292 valence electrons. The molecule has 53 heavy (non-hydrogen) atoms. The van der Waals surface area contributed by atoms with Crippen LogP contribution in [0.15, 0.2) is 34.8 Å². The number of anilines is 2. The standard InChI is InChI=1S/C24H35BrN2O4.C16H21NO5/c1-16(2)27(18-10-6-5-7-11-18)24(29)19-14-21-22(15-20(19)25)31-17(3)23(28)26(21)12-8-9-13-30-4;1-11-15(18)17(8-4-5-9-20-2)13-10-12(16(19)21-3)6-7-14(13)22-11/h14-18H,5-13H2,1-4H3;6-7,10-11H,4-5,8-9H2,1-3H3/t17-;11-/m11/s1. The van der Waals surface area contributed by atoms with Crippen LogP contribution in [-0.4, -0.2) is 101 Å². The van der Waals surface area contributed by atoms with Crippen molar-refractivity contribution in [3.8, 4) is 11.5 Å². The minimum absolute atomic E-state index is 0.0157. The number of nitrogens with zero attached hydrogens (tertiary/aromatic N) is 3. The smallest absolute Gasteiger partial charge is 0.337 e. The highest BCUT2D eigenvalue weighted by Crippen LogP contribution is 2.40. The number of hydrogen-bond donors (Lipinski definition) is 0. The molecule has 12 nitrogen and oxygen atoms in total. The summed E-state index contributed by atoms with van der Waals surface area (Å²) < 4.78 is 27.1. The van der Waals surface area contributed by atoms with Crippen LogP contribution in [0.2, 0.25) is 0 Å². The lowest BCUT2D eigenvalue weighted by Gasteiger charge is -2.38. The summed E-state index contributed by atoms with van der Waals surface area (Å²) in [5.74, 6) is 0.642. The molecule has 2 atom stereocenters. The van der Waals surface area contributed by atoms with Gasteiger partial charge in [-0.3, -0.25) is 14.4 Å². The van der Waals surface area contributed by atoms with Gasteiger partial charge in [0.1, 0.15) is 11.5 Å². The van der Waals surface area contributed by atoms with Crippen LogP contribution in [0.1, 0.15) is 106 Å². The zero-order chi connectivity index (χ0) is 38.7. The topological polar surface area (TPSA) is 124 Å². The van der Waals surface area contributed by atoms with Crippen molar-refractivity contribution < 1.29 is 42.9 Å². The van der Waals surface area contributed by atoms with Gasteiger partial charge in [-0.2, -0.15) is 0 Å². The minimum Gasteiger partial charge on any atom is -0.479 e. The number of esters is 1. The summed E-state index contributed by atoms with van der Waals surface area (Å²) in [6, 6.07) is 9.03. The molecule has 2 aromatic carbocycles. The van der Waals surface area contributed by atoms with Gasteiger partial charge < -0.3 is 38.4 Å². The SMILES string of the molecule is COCCCCN1C(=O)[C@@H](C)Oc2cc(Br)c(C(=O)N(C(C)C)C3CCCCC3)cc21.COCCCCN1C(=O)[C@@H](C)Oc2ccc(C(=O)OC)cc21. The lowest BCUT2D eigenvalue weighted by Crippen LogP contribution is -2.47. The first-order chi connectivity index (χ1) is 25.4. The van der Waals surface area contributed by atoms with Crippen molar-refractivity contribution in [2.75, 3.05) is 57.4 Å². The lowest BCUT2D eigenvalue weighted by molar-refractivity contribution is -0.126. The highest BCUT2D eigenvalue weighted by molar-refractivity contribution is 9.10.